The Hall–Kier alpha value is -0.610. The molecule has 4 aliphatic rings. The molecule has 0 N–H and O–H groups in total. The number of hydrogen-bond acceptors (Lipinski definition) is 3. The van der Waals surface area contributed by atoms with Crippen molar-refractivity contribution in [3.05, 3.63) is 0 Å². The highest BCUT2D eigenvalue weighted by atomic mass is 16.7. The quantitative estimate of drug-likeness (QED) is 0.312. The number of epoxide rings is 1. The first kappa shape index (κ1) is 18.7. The minimum Gasteiger partial charge on any atom is -0.455 e. The first-order valence-electron chi connectivity index (χ1n) is 11.0. The fourth-order valence-electron chi connectivity index (χ4n) is 6.67. The summed E-state index contributed by atoms with van der Waals surface area (Å²) in [5.41, 5.74) is -0.359. The summed E-state index contributed by atoms with van der Waals surface area (Å²) in [7, 11) is 4.57. The van der Waals surface area contributed by atoms with Gasteiger partial charge in [0.15, 0.2) is 0 Å². The van der Waals surface area contributed by atoms with Crippen molar-refractivity contribution >= 4 is 5.97 Å². The van der Waals surface area contributed by atoms with Gasteiger partial charge in [0.25, 0.3) is 0 Å². The Morgan fingerprint density at radius 3 is 2.65 bits per heavy atom. The molecule has 4 rings (SSSR count). The zero-order valence-electron chi connectivity index (χ0n) is 17.4. The highest BCUT2D eigenvalue weighted by Crippen LogP contribution is 2.66. The molecule has 4 nitrogen and oxygen atoms in total. The van der Waals surface area contributed by atoms with E-state index in [9.17, 15) is 4.79 Å². The molecule has 4 heteroatoms. The van der Waals surface area contributed by atoms with E-state index < -0.39 is 0 Å². The molecule has 0 aromatic carbocycles. The van der Waals surface area contributed by atoms with Gasteiger partial charge in [-0.15, -0.1) is 0 Å². The maximum Gasteiger partial charge on any atom is 0.315 e. The van der Waals surface area contributed by atoms with E-state index in [1.54, 1.807) is 0 Å². The lowest BCUT2D eigenvalue weighted by Crippen LogP contribution is -2.59. The number of quaternary nitrogens is 1. The molecule has 0 aromatic rings. The standard InChI is InChI=1S/C22H38NO3/c1-6-7-8-13-23(4,5)14-16-18-10-9-15(2)17-11-12-21(3)20(26-21)22(17,18)25-19(16)24/h15-18,20H,6-14H2,1-5H3/q+1/t15-,16+,17-,18-,20-,21-,22-/m1/s1. The van der Waals surface area contributed by atoms with Gasteiger partial charge in [-0.2, -0.15) is 0 Å². The number of carbonyl (C=O) groups excluding carboxylic acids is 1. The molecule has 1 spiro atoms. The molecular weight excluding hydrogens is 326 g/mol. The third-order valence-electron chi connectivity index (χ3n) is 8.15. The van der Waals surface area contributed by atoms with Crippen LogP contribution in [-0.2, 0) is 14.3 Å². The molecule has 148 valence electrons. The van der Waals surface area contributed by atoms with Gasteiger partial charge in [-0.1, -0.05) is 20.3 Å². The SMILES string of the molecule is CCCCC[N+](C)(C)C[C@@H]1C(=O)O[C@@]23[C@H](CC[C@@]4(C)O[C@@H]24)[C@H](C)CC[C@H]13. The lowest BCUT2D eigenvalue weighted by atomic mass is 9.55. The second kappa shape index (κ2) is 6.20. The summed E-state index contributed by atoms with van der Waals surface area (Å²) in [4.78, 5) is 13.1. The first-order valence-corrected chi connectivity index (χ1v) is 11.0. The fourth-order valence-corrected chi connectivity index (χ4v) is 6.67. The highest BCUT2D eigenvalue weighted by Gasteiger charge is 2.77. The molecular formula is C22H38NO3+. The van der Waals surface area contributed by atoms with Gasteiger partial charge in [-0.05, 0) is 51.4 Å². The molecule has 4 fully saturated rings. The molecule has 0 aromatic heterocycles. The highest BCUT2D eigenvalue weighted by molar-refractivity contribution is 5.77. The Kier molecular flexibility index (Phi) is 4.47. The predicted octanol–water partition coefficient (Wildman–Crippen LogP) is 3.78. The number of hydrogen-bond donors (Lipinski definition) is 0. The van der Waals surface area contributed by atoms with Crippen LogP contribution in [0.1, 0.15) is 65.7 Å². The lowest BCUT2D eigenvalue weighted by molar-refractivity contribution is -0.893. The largest absolute Gasteiger partial charge is 0.455 e. The molecule has 2 heterocycles. The number of unbranched alkanes of at least 4 members (excludes halogenated alkanes) is 2. The minimum absolute atomic E-state index is 0.0352. The van der Waals surface area contributed by atoms with Crippen LogP contribution in [0.4, 0.5) is 0 Å². The summed E-state index contributed by atoms with van der Waals surface area (Å²) in [6.45, 7) is 8.90. The van der Waals surface area contributed by atoms with Crippen molar-refractivity contribution in [3.8, 4) is 0 Å². The summed E-state index contributed by atoms with van der Waals surface area (Å²) < 4.78 is 13.5. The Morgan fingerprint density at radius 2 is 1.92 bits per heavy atom. The van der Waals surface area contributed by atoms with E-state index in [0.29, 0.717) is 17.8 Å². The van der Waals surface area contributed by atoms with Gasteiger partial charge in [0.05, 0.1) is 32.8 Å². The number of fused-ring (bicyclic) bond motifs is 1. The van der Waals surface area contributed by atoms with E-state index in [0.717, 1.165) is 36.8 Å². The fraction of sp³-hybridized carbons (Fsp3) is 0.955. The van der Waals surface area contributed by atoms with Crippen LogP contribution in [0.2, 0.25) is 0 Å². The smallest absolute Gasteiger partial charge is 0.315 e. The van der Waals surface area contributed by atoms with Crippen molar-refractivity contribution in [2.75, 3.05) is 27.2 Å². The van der Waals surface area contributed by atoms with Gasteiger partial charge < -0.3 is 14.0 Å². The van der Waals surface area contributed by atoms with E-state index in [1.165, 1.54) is 25.7 Å². The third-order valence-corrected chi connectivity index (χ3v) is 8.15. The second-order valence-electron chi connectivity index (χ2n) is 10.5. The molecule has 0 unspecified atom stereocenters. The van der Waals surface area contributed by atoms with E-state index >= 15 is 0 Å². The van der Waals surface area contributed by atoms with Crippen molar-refractivity contribution in [1.82, 2.24) is 0 Å². The van der Waals surface area contributed by atoms with Gasteiger partial charge in [-0.3, -0.25) is 4.79 Å². The average molecular weight is 365 g/mol. The molecule has 2 aliphatic heterocycles. The van der Waals surface area contributed by atoms with Crippen LogP contribution in [0.3, 0.4) is 0 Å². The Bertz CT molecular complexity index is 576. The van der Waals surface area contributed by atoms with Crippen molar-refractivity contribution < 1.29 is 18.8 Å². The Labute approximate surface area is 159 Å². The van der Waals surface area contributed by atoms with Crippen molar-refractivity contribution in [2.45, 2.75) is 83.0 Å². The summed E-state index contributed by atoms with van der Waals surface area (Å²) in [6, 6.07) is 0. The maximum absolute atomic E-state index is 13.1. The molecule has 7 atom stereocenters. The van der Waals surface area contributed by atoms with Crippen LogP contribution in [0.5, 0.6) is 0 Å². The normalized spacial score (nSPS) is 47.0. The molecule has 0 radical (unpaired) electrons. The molecule has 0 bridgehead atoms. The molecule has 2 aliphatic carbocycles. The van der Waals surface area contributed by atoms with E-state index in [4.69, 9.17) is 9.47 Å². The first-order chi connectivity index (χ1) is 12.2. The summed E-state index contributed by atoms with van der Waals surface area (Å²) in [5, 5.41) is 0. The number of esters is 1. The predicted molar refractivity (Wildman–Crippen MR) is 102 cm³/mol. The number of ether oxygens (including phenoxy) is 2. The number of nitrogens with zero attached hydrogens (tertiary/aromatic N) is 1. The average Bonchev–Trinajstić information content (AvgIpc) is 3.19. The third kappa shape index (κ3) is 2.74. The number of carbonyl (C=O) groups is 1. The maximum atomic E-state index is 13.1. The summed E-state index contributed by atoms with van der Waals surface area (Å²) >= 11 is 0. The van der Waals surface area contributed by atoms with Crippen molar-refractivity contribution in [3.63, 3.8) is 0 Å². The summed E-state index contributed by atoms with van der Waals surface area (Å²) in [6.07, 6.45) is 8.54. The van der Waals surface area contributed by atoms with Gasteiger partial charge in [-0.25, -0.2) is 0 Å². The zero-order chi connectivity index (χ0) is 18.7. The van der Waals surface area contributed by atoms with Crippen LogP contribution in [0.15, 0.2) is 0 Å². The van der Waals surface area contributed by atoms with Crippen LogP contribution in [0.25, 0.3) is 0 Å². The Balaban J connectivity index is 1.57. The molecule has 2 saturated carbocycles. The van der Waals surface area contributed by atoms with Gasteiger partial charge in [0.2, 0.25) is 0 Å². The summed E-state index contributed by atoms with van der Waals surface area (Å²) in [5.74, 6) is 1.60. The van der Waals surface area contributed by atoms with Crippen molar-refractivity contribution in [2.24, 2.45) is 23.7 Å². The zero-order valence-corrected chi connectivity index (χ0v) is 17.4. The van der Waals surface area contributed by atoms with Crippen LogP contribution >= 0.6 is 0 Å². The van der Waals surface area contributed by atoms with E-state index in [-0.39, 0.29) is 29.2 Å². The van der Waals surface area contributed by atoms with Crippen molar-refractivity contribution in [1.29, 1.82) is 0 Å². The lowest BCUT2D eigenvalue weighted by Gasteiger charge is -2.50. The minimum atomic E-state index is -0.324. The van der Waals surface area contributed by atoms with Gasteiger partial charge in [0.1, 0.15) is 17.6 Å². The monoisotopic (exact) mass is 364 g/mol. The van der Waals surface area contributed by atoms with E-state index in [2.05, 4.69) is 34.9 Å². The second-order valence-corrected chi connectivity index (χ2v) is 10.5. The molecule has 2 saturated heterocycles. The molecule has 26 heavy (non-hydrogen) atoms. The van der Waals surface area contributed by atoms with Crippen LogP contribution < -0.4 is 0 Å². The molecule has 0 amide bonds. The van der Waals surface area contributed by atoms with Gasteiger partial charge >= 0.3 is 5.97 Å². The van der Waals surface area contributed by atoms with Crippen LogP contribution in [-0.4, -0.2) is 54.9 Å². The number of rotatable bonds is 6. The Morgan fingerprint density at radius 1 is 1.15 bits per heavy atom. The van der Waals surface area contributed by atoms with Crippen LogP contribution in [0, 0.1) is 23.7 Å². The van der Waals surface area contributed by atoms with Gasteiger partial charge in [0, 0.05) is 11.8 Å². The topological polar surface area (TPSA) is 38.8 Å². The van der Waals surface area contributed by atoms with E-state index in [1.807, 2.05) is 0 Å².